The second-order valence-corrected chi connectivity index (χ2v) is 16.5. The van der Waals surface area contributed by atoms with Crippen molar-refractivity contribution in [3.05, 3.63) is 11.6 Å². The first-order chi connectivity index (χ1) is 17.4. The Bertz CT molecular complexity index is 1040. The first-order valence-corrected chi connectivity index (χ1v) is 15.5. The number of allylic oxidation sites excluding steroid dienone is 2. The van der Waals surface area contributed by atoms with Crippen LogP contribution in [0, 0.1) is 50.2 Å². The zero-order valence-electron chi connectivity index (χ0n) is 26.0. The average Bonchev–Trinajstić information content (AvgIpc) is 2.77. The van der Waals surface area contributed by atoms with E-state index in [2.05, 4.69) is 61.5 Å². The molecule has 4 nitrogen and oxygen atoms in total. The molecule has 4 heteroatoms. The van der Waals surface area contributed by atoms with E-state index >= 15 is 0 Å². The van der Waals surface area contributed by atoms with Crippen LogP contribution in [0.3, 0.4) is 0 Å². The second-order valence-electron chi connectivity index (χ2n) is 16.5. The Morgan fingerprint density at radius 3 is 2.00 bits per heavy atom. The minimum absolute atomic E-state index is 0.00432. The van der Waals surface area contributed by atoms with Gasteiger partial charge < -0.3 is 9.47 Å². The van der Waals surface area contributed by atoms with Gasteiger partial charge in [0.25, 0.3) is 0 Å². The number of hydrogen-bond acceptors (Lipinski definition) is 4. The molecule has 4 fully saturated rings. The van der Waals surface area contributed by atoms with Gasteiger partial charge in [-0.05, 0) is 97.2 Å². The lowest BCUT2D eigenvalue weighted by Gasteiger charge is -2.71. The third kappa shape index (κ3) is 3.80. The summed E-state index contributed by atoms with van der Waals surface area (Å²) in [4.78, 5) is 24.1. The van der Waals surface area contributed by atoms with Crippen LogP contribution in [0.5, 0.6) is 0 Å². The summed E-state index contributed by atoms with van der Waals surface area (Å²) in [5.41, 5.74) is 2.49. The fourth-order valence-electron chi connectivity index (χ4n) is 11.4. The maximum Gasteiger partial charge on any atom is 0.302 e. The molecule has 9 atom stereocenters. The van der Waals surface area contributed by atoms with Gasteiger partial charge >= 0.3 is 11.9 Å². The molecule has 38 heavy (non-hydrogen) atoms. The van der Waals surface area contributed by atoms with Crippen LogP contribution in [0.4, 0.5) is 0 Å². The van der Waals surface area contributed by atoms with Gasteiger partial charge in [0.15, 0.2) is 0 Å². The Labute approximate surface area is 232 Å². The molecule has 5 aliphatic rings. The summed E-state index contributed by atoms with van der Waals surface area (Å²) in [5, 5.41) is 0. The van der Waals surface area contributed by atoms with E-state index in [0.717, 1.165) is 32.1 Å². The van der Waals surface area contributed by atoms with Crippen molar-refractivity contribution in [3.8, 4) is 0 Å². The molecule has 0 bridgehead atoms. The van der Waals surface area contributed by atoms with Crippen LogP contribution in [-0.4, -0.2) is 24.1 Å². The lowest BCUT2D eigenvalue weighted by molar-refractivity contribution is -0.216. The molecule has 5 aliphatic carbocycles. The van der Waals surface area contributed by atoms with E-state index in [9.17, 15) is 9.59 Å². The average molecular weight is 527 g/mol. The molecule has 0 spiro atoms. The second kappa shape index (κ2) is 8.59. The van der Waals surface area contributed by atoms with Crippen LogP contribution in [0.25, 0.3) is 0 Å². The molecule has 0 radical (unpaired) electrons. The van der Waals surface area contributed by atoms with E-state index < -0.39 is 0 Å². The van der Waals surface area contributed by atoms with E-state index in [0.29, 0.717) is 17.8 Å². The van der Waals surface area contributed by atoms with Crippen molar-refractivity contribution in [2.24, 2.45) is 50.2 Å². The lowest BCUT2D eigenvalue weighted by atomic mass is 9.33. The van der Waals surface area contributed by atoms with Crippen LogP contribution < -0.4 is 0 Å². The monoisotopic (exact) mass is 526 g/mol. The molecule has 0 aliphatic heterocycles. The van der Waals surface area contributed by atoms with E-state index in [1.807, 2.05) is 0 Å². The molecule has 0 aromatic carbocycles. The maximum absolute atomic E-state index is 12.2. The van der Waals surface area contributed by atoms with Gasteiger partial charge in [-0.2, -0.15) is 0 Å². The van der Waals surface area contributed by atoms with E-state index in [1.165, 1.54) is 25.7 Å². The number of carbonyl (C=O) groups excluding carboxylic acids is 2. The van der Waals surface area contributed by atoms with Crippen LogP contribution >= 0.6 is 0 Å². The molecular weight excluding hydrogens is 472 g/mol. The minimum atomic E-state index is -0.141. The fourth-order valence-corrected chi connectivity index (χ4v) is 11.4. The number of carbonyl (C=O) groups is 2. The third-order valence-electron chi connectivity index (χ3n) is 13.6. The number of rotatable bonds is 2. The highest BCUT2D eigenvalue weighted by molar-refractivity contribution is 5.66. The Morgan fingerprint density at radius 1 is 0.737 bits per heavy atom. The summed E-state index contributed by atoms with van der Waals surface area (Å²) in [5.74, 6) is 1.38. The zero-order valence-corrected chi connectivity index (χ0v) is 26.0. The summed E-state index contributed by atoms with van der Waals surface area (Å²) in [6.07, 6.45) is 12.8. The molecule has 0 saturated heterocycles. The van der Waals surface area contributed by atoms with E-state index in [-0.39, 0.29) is 56.6 Å². The van der Waals surface area contributed by atoms with Gasteiger partial charge in [-0.25, -0.2) is 0 Å². The zero-order chi connectivity index (χ0) is 28.1. The molecule has 0 N–H and O–H groups in total. The van der Waals surface area contributed by atoms with Crippen molar-refractivity contribution in [3.63, 3.8) is 0 Å². The highest BCUT2D eigenvalue weighted by Crippen LogP contribution is 2.75. The topological polar surface area (TPSA) is 52.6 Å². The van der Waals surface area contributed by atoms with Crippen LogP contribution in [0.2, 0.25) is 0 Å². The van der Waals surface area contributed by atoms with Crippen LogP contribution in [0.1, 0.15) is 127 Å². The third-order valence-corrected chi connectivity index (χ3v) is 13.6. The van der Waals surface area contributed by atoms with Crippen molar-refractivity contribution >= 4 is 11.9 Å². The SMILES string of the molecule is CC(=O)OC1CCC2(C)C(CCC3(C)C2CC=C2C4CC(C)(C)CC(OC(C)=O)C4(C)CCC23C)C1(C)C. The van der Waals surface area contributed by atoms with Gasteiger partial charge in [0.1, 0.15) is 12.2 Å². The molecule has 0 amide bonds. The van der Waals surface area contributed by atoms with Crippen molar-refractivity contribution in [2.45, 2.75) is 139 Å². The Kier molecular flexibility index (Phi) is 6.38. The summed E-state index contributed by atoms with van der Waals surface area (Å²) in [7, 11) is 0. The van der Waals surface area contributed by atoms with E-state index in [1.54, 1.807) is 19.4 Å². The first-order valence-electron chi connectivity index (χ1n) is 15.5. The maximum atomic E-state index is 12.2. The van der Waals surface area contributed by atoms with Gasteiger partial charge in [0.05, 0.1) is 0 Å². The standard InChI is InChI=1S/C34H54O4/c1-21(35)37-27-14-15-32(8)25(30(27,5)6)13-16-34(10)26(32)12-11-23-24-19-29(3,4)20-28(38-22(2)36)31(24,7)17-18-33(23,34)9/h11,24-28H,12-20H2,1-10H3. The predicted molar refractivity (Wildman–Crippen MR) is 151 cm³/mol. The van der Waals surface area contributed by atoms with Crippen LogP contribution in [-0.2, 0) is 19.1 Å². The van der Waals surface area contributed by atoms with Crippen LogP contribution in [0.15, 0.2) is 11.6 Å². The van der Waals surface area contributed by atoms with Crippen molar-refractivity contribution in [1.82, 2.24) is 0 Å². The Morgan fingerprint density at radius 2 is 1.37 bits per heavy atom. The minimum Gasteiger partial charge on any atom is -0.462 e. The molecule has 0 heterocycles. The quantitative estimate of drug-likeness (QED) is 0.268. The van der Waals surface area contributed by atoms with Gasteiger partial charge in [0.2, 0.25) is 0 Å². The molecular formula is C34H54O4. The number of esters is 2. The molecule has 4 saturated carbocycles. The molecule has 5 rings (SSSR count). The van der Waals surface area contributed by atoms with Crippen molar-refractivity contribution in [1.29, 1.82) is 0 Å². The van der Waals surface area contributed by atoms with Gasteiger partial charge in [-0.3, -0.25) is 9.59 Å². The summed E-state index contributed by atoms with van der Waals surface area (Å²) in [6.45, 7) is 22.9. The highest BCUT2D eigenvalue weighted by atomic mass is 16.5. The Balaban J connectivity index is 1.53. The fraction of sp³-hybridized carbons (Fsp3) is 0.882. The smallest absolute Gasteiger partial charge is 0.302 e. The number of fused-ring (bicyclic) bond motifs is 7. The van der Waals surface area contributed by atoms with Gasteiger partial charge in [-0.1, -0.05) is 67.0 Å². The van der Waals surface area contributed by atoms with Crippen molar-refractivity contribution < 1.29 is 19.1 Å². The Hall–Kier alpha value is -1.32. The van der Waals surface area contributed by atoms with Gasteiger partial charge in [0, 0.05) is 24.7 Å². The first kappa shape index (κ1) is 28.2. The van der Waals surface area contributed by atoms with E-state index in [4.69, 9.17) is 9.47 Å². The molecule has 0 aromatic rings. The largest absolute Gasteiger partial charge is 0.462 e. The lowest BCUT2D eigenvalue weighted by Crippen LogP contribution is -2.65. The summed E-state index contributed by atoms with van der Waals surface area (Å²) < 4.78 is 12.0. The summed E-state index contributed by atoms with van der Waals surface area (Å²) >= 11 is 0. The molecule has 214 valence electrons. The molecule has 9 unspecified atom stereocenters. The highest BCUT2D eigenvalue weighted by Gasteiger charge is 2.69. The number of hydrogen-bond donors (Lipinski definition) is 0. The van der Waals surface area contributed by atoms with Gasteiger partial charge in [-0.15, -0.1) is 0 Å². The number of ether oxygens (including phenoxy) is 2. The molecule has 0 aromatic heterocycles. The normalized spacial score (nSPS) is 48.8. The summed E-state index contributed by atoms with van der Waals surface area (Å²) in [6, 6.07) is 0. The van der Waals surface area contributed by atoms with Crippen molar-refractivity contribution in [2.75, 3.05) is 0 Å². The predicted octanol–water partition coefficient (Wildman–Crippen LogP) is 8.28.